The molecule has 0 aromatic carbocycles. The predicted molar refractivity (Wildman–Crippen MR) is 98.0 cm³/mol. The Morgan fingerprint density at radius 1 is 1.23 bits per heavy atom. The van der Waals surface area contributed by atoms with Crippen molar-refractivity contribution in [1.29, 1.82) is 0 Å². The molecule has 136 valence electrons. The fraction of sp³-hybridized carbons (Fsp3) is 0.500. The molecule has 1 fully saturated rings. The van der Waals surface area contributed by atoms with Gasteiger partial charge in [0.05, 0.1) is 12.2 Å². The number of aromatic nitrogens is 3. The lowest BCUT2D eigenvalue weighted by molar-refractivity contribution is 0.0747. The Morgan fingerprint density at radius 2 is 1.96 bits per heavy atom. The summed E-state index contributed by atoms with van der Waals surface area (Å²) in [7, 11) is 0. The van der Waals surface area contributed by atoms with Crippen molar-refractivity contribution in [3.63, 3.8) is 0 Å². The zero-order valence-corrected chi connectivity index (χ0v) is 15.7. The maximum absolute atomic E-state index is 13.1. The van der Waals surface area contributed by atoms with Gasteiger partial charge in [0.2, 0.25) is 0 Å². The van der Waals surface area contributed by atoms with E-state index >= 15 is 0 Å². The van der Waals surface area contributed by atoms with Gasteiger partial charge >= 0.3 is 0 Å². The van der Waals surface area contributed by atoms with Gasteiger partial charge in [0.1, 0.15) is 11.4 Å². The Hall–Kier alpha value is -2.50. The number of rotatable bonds is 2. The molecular formula is C20H24N4O2. The maximum atomic E-state index is 13.1. The lowest BCUT2D eigenvalue weighted by Gasteiger charge is -2.17. The van der Waals surface area contributed by atoms with Crippen LogP contribution < -0.4 is 5.56 Å². The van der Waals surface area contributed by atoms with Gasteiger partial charge in [-0.1, -0.05) is 20.8 Å². The van der Waals surface area contributed by atoms with Crippen LogP contribution in [0.2, 0.25) is 0 Å². The van der Waals surface area contributed by atoms with E-state index in [1.54, 1.807) is 9.47 Å². The van der Waals surface area contributed by atoms with E-state index in [1.165, 1.54) is 0 Å². The molecule has 0 spiro atoms. The molecule has 4 rings (SSSR count). The SMILES string of the molecule is Cc1ccn(C2CC2)c(=O)c1C(=O)N1Cc2cnc(C(C)(C)C)nc2C1. The van der Waals surface area contributed by atoms with Gasteiger partial charge in [0.25, 0.3) is 11.5 Å². The van der Waals surface area contributed by atoms with Crippen LogP contribution in [-0.4, -0.2) is 25.3 Å². The minimum absolute atomic E-state index is 0.138. The first-order chi connectivity index (χ1) is 12.3. The molecule has 26 heavy (non-hydrogen) atoms. The smallest absolute Gasteiger partial charge is 0.263 e. The van der Waals surface area contributed by atoms with E-state index < -0.39 is 0 Å². The molecule has 6 heteroatoms. The highest BCUT2D eigenvalue weighted by Crippen LogP contribution is 2.33. The highest BCUT2D eigenvalue weighted by atomic mass is 16.2. The van der Waals surface area contributed by atoms with E-state index in [-0.39, 0.29) is 28.5 Å². The van der Waals surface area contributed by atoms with Gasteiger partial charge in [-0.25, -0.2) is 9.97 Å². The first-order valence-electron chi connectivity index (χ1n) is 9.12. The highest BCUT2D eigenvalue weighted by molar-refractivity contribution is 5.95. The summed E-state index contributed by atoms with van der Waals surface area (Å²) >= 11 is 0. The van der Waals surface area contributed by atoms with Crippen LogP contribution in [0.1, 0.15) is 72.7 Å². The second kappa shape index (κ2) is 5.76. The van der Waals surface area contributed by atoms with E-state index in [0.29, 0.717) is 13.1 Å². The van der Waals surface area contributed by atoms with Gasteiger partial charge in [0.15, 0.2) is 0 Å². The third-order valence-electron chi connectivity index (χ3n) is 5.10. The Balaban J connectivity index is 1.64. The lowest BCUT2D eigenvalue weighted by atomic mass is 9.95. The molecule has 1 amide bonds. The minimum atomic E-state index is -0.210. The molecule has 0 saturated heterocycles. The molecule has 2 aromatic heterocycles. The first-order valence-corrected chi connectivity index (χ1v) is 9.12. The second-order valence-corrected chi connectivity index (χ2v) is 8.39. The summed E-state index contributed by atoms with van der Waals surface area (Å²) in [4.78, 5) is 36.7. The normalized spacial score (nSPS) is 16.7. The maximum Gasteiger partial charge on any atom is 0.263 e. The van der Waals surface area contributed by atoms with Gasteiger partial charge in [-0.05, 0) is 31.4 Å². The van der Waals surface area contributed by atoms with E-state index in [0.717, 1.165) is 35.5 Å². The molecule has 0 atom stereocenters. The van der Waals surface area contributed by atoms with Gasteiger partial charge in [-0.3, -0.25) is 9.59 Å². The van der Waals surface area contributed by atoms with E-state index in [2.05, 4.69) is 30.7 Å². The van der Waals surface area contributed by atoms with E-state index in [4.69, 9.17) is 0 Å². The number of carbonyl (C=O) groups excluding carboxylic acids is 1. The van der Waals surface area contributed by atoms with Crippen molar-refractivity contribution in [2.75, 3.05) is 0 Å². The molecule has 1 saturated carbocycles. The minimum Gasteiger partial charge on any atom is -0.328 e. The molecule has 6 nitrogen and oxygen atoms in total. The van der Waals surface area contributed by atoms with Crippen LogP contribution in [0.25, 0.3) is 0 Å². The van der Waals surface area contributed by atoms with Crippen molar-refractivity contribution < 1.29 is 4.79 Å². The van der Waals surface area contributed by atoms with Crippen molar-refractivity contribution in [2.45, 2.75) is 65.1 Å². The Bertz CT molecular complexity index is 951. The monoisotopic (exact) mass is 352 g/mol. The number of amides is 1. The summed E-state index contributed by atoms with van der Waals surface area (Å²) in [6, 6.07) is 2.12. The summed E-state index contributed by atoms with van der Waals surface area (Å²) in [6.07, 6.45) is 5.65. The number of hydrogen-bond acceptors (Lipinski definition) is 4. The van der Waals surface area contributed by atoms with E-state index in [9.17, 15) is 9.59 Å². The first kappa shape index (κ1) is 16.9. The van der Waals surface area contributed by atoms with Crippen LogP contribution in [0.4, 0.5) is 0 Å². The predicted octanol–water partition coefficient (Wildman–Crippen LogP) is 2.74. The fourth-order valence-corrected chi connectivity index (χ4v) is 3.36. The molecule has 3 heterocycles. The van der Waals surface area contributed by atoms with Gasteiger partial charge in [-0.2, -0.15) is 0 Å². The summed E-state index contributed by atoms with van der Waals surface area (Å²) in [6.45, 7) is 8.92. The van der Waals surface area contributed by atoms with Crippen LogP contribution in [-0.2, 0) is 18.5 Å². The number of pyridine rings is 1. The lowest BCUT2D eigenvalue weighted by Crippen LogP contribution is -2.34. The van der Waals surface area contributed by atoms with Crippen molar-refractivity contribution in [2.24, 2.45) is 0 Å². The number of nitrogens with zero attached hydrogens (tertiary/aromatic N) is 4. The fourth-order valence-electron chi connectivity index (χ4n) is 3.36. The van der Waals surface area contributed by atoms with Crippen molar-refractivity contribution in [3.05, 3.63) is 57.0 Å². The number of hydrogen-bond donors (Lipinski definition) is 0. The largest absolute Gasteiger partial charge is 0.328 e. The van der Waals surface area contributed by atoms with Crippen LogP contribution in [0.5, 0.6) is 0 Å². The molecule has 0 N–H and O–H groups in total. The molecule has 2 aromatic rings. The van der Waals surface area contributed by atoms with Gasteiger partial charge in [-0.15, -0.1) is 0 Å². The van der Waals surface area contributed by atoms with Gasteiger partial charge < -0.3 is 9.47 Å². The van der Waals surface area contributed by atoms with Crippen LogP contribution >= 0.6 is 0 Å². The number of carbonyl (C=O) groups is 1. The molecule has 0 bridgehead atoms. The quantitative estimate of drug-likeness (QED) is 0.833. The molecule has 2 aliphatic rings. The summed E-state index contributed by atoms with van der Waals surface area (Å²) in [5.74, 6) is 0.565. The number of aryl methyl sites for hydroxylation is 1. The Labute approximate surface area is 152 Å². The summed E-state index contributed by atoms with van der Waals surface area (Å²) in [5.41, 5.74) is 2.55. The molecular weight excluding hydrogens is 328 g/mol. The third kappa shape index (κ3) is 2.83. The van der Waals surface area contributed by atoms with Crippen molar-refractivity contribution in [3.8, 4) is 0 Å². The molecule has 1 aliphatic heterocycles. The summed E-state index contributed by atoms with van der Waals surface area (Å²) in [5, 5.41) is 0. The van der Waals surface area contributed by atoms with Crippen LogP contribution in [0.3, 0.4) is 0 Å². The summed E-state index contributed by atoms with van der Waals surface area (Å²) < 4.78 is 1.71. The zero-order valence-electron chi connectivity index (χ0n) is 15.7. The van der Waals surface area contributed by atoms with Crippen molar-refractivity contribution in [1.82, 2.24) is 19.4 Å². The van der Waals surface area contributed by atoms with Crippen LogP contribution in [0, 0.1) is 6.92 Å². The molecule has 1 aliphatic carbocycles. The average molecular weight is 352 g/mol. The third-order valence-corrected chi connectivity index (χ3v) is 5.10. The van der Waals surface area contributed by atoms with Crippen LogP contribution in [0.15, 0.2) is 23.3 Å². The Kier molecular flexibility index (Phi) is 3.75. The highest BCUT2D eigenvalue weighted by Gasteiger charge is 2.32. The average Bonchev–Trinajstić information content (AvgIpc) is 3.31. The second-order valence-electron chi connectivity index (χ2n) is 8.39. The standard InChI is InChI=1S/C20H24N4O2/c1-12-7-8-24(14-5-6-14)18(26)16(12)17(25)23-10-13-9-21-19(20(2,3)4)22-15(13)11-23/h7-9,14H,5-6,10-11H2,1-4H3. The van der Waals surface area contributed by atoms with E-state index in [1.807, 2.05) is 25.4 Å². The molecule has 0 radical (unpaired) electrons. The van der Waals surface area contributed by atoms with Gasteiger partial charge in [0, 0.05) is 36.0 Å². The number of fused-ring (bicyclic) bond motifs is 1. The van der Waals surface area contributed by atoms with Crippen molar-refractivity contribution >= 4 is 5.91 Å². The Morgan fingerprint density at radius 3 is 2.62 bits per heavy atom. The molecule has 0 unspecified atom stereocenters. The zero-order chi connectivity index (χ0) is 18.6. The topological polar surface area (TPSA) is 68.1 Å².